The third-order valence-electron chi connectivity index (χ3n) is 3.85. The lowest BCUT2D eigenvalue weighted by molar-refractivity contribution is -0.133. The zero-order chi connectivity index (χ0) is 17.9. The lowest BCUT2D eigenvalue weighted by Crippen LogP contribution is -2.45. The number of amides is 1. The first-order chi connectivity index (χ1) is 11.4. The highest BCUT2D eigenvalue weighted by Gasteiger charge is 2.27. The van der Waals surface area contributed by atoms with Gasteiger partial charge in [-0.3, -0.25) is 9.79 Å². The van der Waals surface area contributed by atoms with E-state index in [4.69, 9.17) is 4.74 Å². The number of carbonyl (C=O) groups is 1. The summed E-state index contributed by atoms with van der Waals surface area (Å²) in [6, 6.07) is 0.280. The quantitative estimate of drug-likeness (QED) is 0.382. The smallest absolute Gasteiger partial charge is 0.225 e. The van der Waals surface area contributed by atoms with Gasteiger partial charge in [-0.15, -0.1) is 0 Å². The lowest BCUT2D eigenvalue weighted by atomic mass is 10.2. The molecule has 6 heteroatoms. The molecule has 1 unspecified atom stereocenters. The van der Waals surface area contributed by atoms with Gasteiger partial charge in [-0.2, -0.15) is 0 Å². The van der Waals surface area contributed by atoms with Crippen molar-refractivity contribution in [2.45, 2.75) is 53.5 Å². The third-order valence-corrected chi connectivity index (χ3v) is 3.85. The molecule has 1 fully saturated rings. The summed E-state index contributed by atoms with van der Waals surface area (Å²) >= 11 is 0. The van der Waals surface area contributed by atoms with Gasteiger partial charge in [-0.05, 0) is 25.7 Å². The van der Waals surface area contributed by atoms with Crippen LogP contribution in [0.5, 0.6) is 0 Å². The molecule has 0 aromatic heterocycles. The van der Waals surface area contributed by atoms with Crippen molar-refractivity contribution < 1.29 is 9.53 Å². The zero-order valence-corrected chi connectivity index (χ0v) is 16.1. The average molecular weight is 341 g/mol. The van der Waals surface area contributed by atoms with Crippen LogP contribution in [0.2, 0.25) is 0 Å². The fraction of sp³-hybridized carbons (Fsp3) is 0.889. The van der Waals surface area contributed by atoms with Gasteiger partial charge in [-0.25, -0.2) is 0 Å². The van der Waals surface area contributed by atoms with Crippen LogP contribution in [0.25, 0.3) is 0 Å². The van der Waals surface area contributed by atoms with E-state index in [-0.39, 0.29) is 17.9 Å². The second kappa shape index (κ2) is 11.3. The van der Waals surface area contributed by atoms with Crippen molar-refractivity contribution in [1.82, 2.24) is 15.5 Å². The number of guanidine groups is 1. The van der Waals surface area contributed by atoms with E-state index < -0.39 is 0 Å². The van der Waals surface area contributed by atoms with E-state index >= 15 is 0 Å². The van der Waals surface area contributed by atoms with Gasteiger partial charge >= 0.3 is 0 Å². The molecule has 0 spiro atoms. The number of nitrogens with one attached hydrogen (secondary N) is 2. The topological polar surface area (TPSA) is 66.0 Å². The van der Waals surface area contributed by atoms with Crippen LogP contribution in [-0.2, 0) is 9.53 Å². The zero-order valence-electron chi connectivity index (χ0n) is 16.1. The average Bonchev–Trinajstić information content (AvgIpc) is 2.98. The monoisotopic (exact) mass is 340 g/mol. The predicted octanol–water partition coefficient (Wildman–Crippen LogP) is 1.86. The van der Waals surface area contributed by atoms with Crippen molar-refractivity contribution in [1.29, 1.82) is 0 Å². The largest absolute Gasteiger partial charge is 0.381 e. The maximum absolute atomic E-state index is 12.1. The molecule has 0 aromatic carbocycles. The van der Waals surface area contributed by atoms with Crippen LogP contribution in [0.4, 0.5) is 0 Å². The molecule has 0 aromatic rings. The molecule has 1 atom stereocenters. The molecule has 0 saturated carbocycles. The van der Waals surface area contributed by atoms with Crippen molar-refractivity contribution in [3.63, 3.8) is 0 Å². The van der Waals surface area contributed by atoms with Crippen LogP contribution in [0, 0.1) is 11.8 Å². The molecule has 1 heterocycles. The van der Waals surface area contributed by atoms with E-state index in [0.717, 1.165) is 58.2 Å². The molecule has 6 nitrogen and oxygen atoms in total. The van der Waals surface area contributed by atoms with E-state index in [0.29, 0.717) is 5.92 Å². The Hall–Kier alpha value is -1.30. The summed E-state index contributed by atoms with van der Waals surface area (Å²) in [5, 5.41) is 6.73. The molecule has 0 aliphatic carbocycles. The van der Waals surface area contributed by atoms with Crippen LogP contribution in [0.1, 0.15) is 47.5 Å². The van der Waals surface area contributed by atoms with E-state index in [1.165, 1.54) is 0 Å². The van der Waals surface area contributed by atoms with Crippen LogP contribution >= 0.6 is 0 Å². The summed E-state index contributed by atoms with van der Waals surface area (Å²) < 4.78 is 5.58. The first kappa shape index (κ1) is 20.7. The highest BCUT2D eigenvalue weighted by atomic mass is 16.5. The Morgan fingerprint density at radius 1 is 1.33 bits per heavy atom. The van der Waals surface area contributed by atoms with E-state index in [1.807, 2.05) is 18.7 Å². The molecule has 1 aliphatic rings. The van der Waals surface area contributed by atoms with Crippen molar-refractivity contribution in [2.24, 2.45) is 16.8 Å². The molecular weight excluding hydrogens is 304 g/mol. The van der Waals surface area contributed by atoms with Crippen molar-refractivity contribution in [2.75, 3.05) is 39.4 Å². The number of hydrogen-bond acceptors (Lipinski definition) is 3. The summed E-state index contributed by atoms with van der Waals surface area (Å²) in [6.45, 7) is 15.0. The maximum Gasteiger partial charge on any atom is 0.225 e. The summed E-state index contributed by atoms with van der Waals surface area (Å²) in [7, 11) is 0. The van der Waals surface area contributed by atoms with E-state index in [1.54, 1.807) is 0 Å². The number of carbonyl (C=O) groups excluding carboxylic acids is 1. The molecule has 0 radical (unpaired) electrons. The van der Waals surface area contributed by atoms with E-state index in [2.05, 4.69) is 36.4 Å². The minimum Gasteiger partial charge on any atom is -0.381 e. The van der Waals surface area contributed by atoms with Crippen molar-refractivity contribution in [3.05, 3.63) is 0 Å². The van der Waals surface area contributed by atoms with Crippen LogP contribution in [0.15, 0.2) is 4.99 Å². The second-order valence-electron chi connectivity index (χ2n) is 7.15. The van der Waals surface area contributed by atoms with Gasteiger partial charge in [0.25, 0.3) is 0 Å². The normalized spacial score (nSPS) is 18.5. The van der Waals surface area contributed by atoms with Gasteiger partial charge in [0.2, 0.25) is 5.91 Å². The number of aliphatic imine (C=N–C) groups is 1. The maximum atomic E-state index is 12.1. The SMILES string of the molecule is CCNC(=NCCCOCC(C)C)NC1CCN(C(=O)C(C)C)C1. The number of rotatable bonds is 9. The molecule has 1 aliphatic heterocycles. The standard InChI is InChI=1S/C18H36N4O2/c1-6-19-18(20-9-7-11-24-13-14(2)3)21-16-8-10-22(12-16)17(23)15(4)5/h14-16H,6-13H2,1-5H3,(H2,19,20,21). The second-order valence-corrected chi connectivity index (χ2v) is 7.15. The highest BCUT2D eigenvalue weighted by molar-refractivity contribution is 5.81. The first-order valence-electron chi connectivity index (χ1n) is 9.35. The van der Waals surface area contributed by atoms with Gasteiger partial charge in [0.15, 0.2) is 5.96 Å². The Morgan fingerprint density at radius 3 is 2.71 bits per heavy atom. The Balaban J connectivity index is 2.35. The Labute approximate surface area is 147 Å². The van der Waals surface area contributed by atoms with Gasteiger partial charge < -0.3 is 20.3 Å². The minimum atomic E-state index is 0.0662. The summed E-state index contributed by atoms with van der Waals surface area (Å²) in [5.41, 5.74) is 0. The first-order valence-corrected chi connectivity index (χ1v) is 9.35. The number of likely N-dealkylation sites (tertiary alicyclic amines) is 1. The summed E-state index contributed by atoms with van der Waals surface area (Å²) in [6.07, 6.45) is 1.90. The third kappa shape index (κ3) is 7.99. The molecule has 0 bridgehead atoms. The molecule has 1 amide bonds. The molecule has 1 rings (SSSR count). The summed E-state index contributed by atoms with van der Waals surface area (Å²) in [4.78, 5) is 18.6. The number of nitrogens with zero attached hydrogens (tertiary/aromatic N) is 2. The number of hydrogen-bond donors (Lipinski definition) is 2. The predicted molar refractivity (Wildman–Crippen MR) is 99.2 cm³/mol. The van der Waals surface area contributed by atoms with Gasteiger partial charge in [-0.1, -0.05) is 27.7 Å². The number of ether oxygens (including phenoxy) is 1. The lowest BCUT2D eigenvalue weighted by Gasteiger charge is -2.20. The summed E-state index contributed by atoms with van der Waals surface area (Å²) in [5.74, 6) is 1.72. The van der Waals surface area contributed by atoms with Crippen LogP contribution < -0.4 is 10.6 Å². The Morgan fingerprint density at radius 2 is 2.08 bits per heavy atom. The molecule has 24 heavy (non-hydrogen) atoms. The molecule has 1 saturated heterocycles. The van der Waals surface area contributed by atoms with Gasteiger partial charge in [0, 0.05) is 51.4 Å². The van der Waals surface area contributed by atoms with Crippen molar-refractivity contribution in [3.8, 4) is 0 Å². The fourth-order valence-corrected chi connectivity index (χ4v) is 2.63. The fourth-order valence-electron chi connectivity index (χ4n) is 2.63. The minimum absolute atomic E-state index is 0.0662. The molecule has 140 valence electrons. The highest BCUT2D eigenvalue weighted by Crippen LogP contribution is 2.12. The van der Waals surface area contributed by atoms with Gasteiger partial charge in [0.05, 0.1) is 0 Å². The van der Waals surface area contributed by atoms with Crippen LogP contribution in [0.3, 0.4) is 0 Å². The van der Waals surface area contributed by atoms with Crippen molar-refractivity contribution >= 4 is 11.9 Å². The van der Waals surface area contributed by atoms with Crippen LogP contribution in [-0.4, -0.2) is 62.2 Å². The molecule has 2 N–H and O–H groups in total. The van der Waals surface area contributed by atoms with E-state index in [9.17, 15) is 4.79 Å². The molecular formula is C18H36N4O2. The Kier molecular flexibility index (Phi) is 9.76. The Bertz CT molecular complexity index is 396. The van der Waals surface area contributed by atoms with Gasteiger partial charge in [0.1, 0.15) is 0 Å².